The number of hydrogen-bond donors (Lipinski definition) is 0. The first kappa shape index (κ1) is 21.0. The van der Waals surface area contributed by atoms with E-state index >= 15 is 0 Å². The monoisotopic (exact) mass is 610 g/mol. The topological polar surface area (TPSA) is 0 Å². The van der Waals surface area contributed by atoms with Gasteiger partial charge in [-0.15, -0.1) is 0 Å². The van der Waals surface area contributed by atoms with Crippen molar-refractivity contribution in [3.05, 3.63) is 110 Å². The molecule has 1 fully saturated rings. The van der Waals surface area contributed by atoms with Crippen molar-refractivity contribution in [3.8, 4) is 0 Å². The van der Waals surface area contributed by atoms with E-state index in [1.807, 2.05) is 0 Å². The van der Waals surface area contributed by atoms with Crippen LogP contribution in [0.1, 0.15) is 80.8 Å². The maximum atomic E-state index is 2.94. The summed E-state index contributed by atoms with van der Waals surface area (Å²) in [5.74, 6) is 1.06. The molecule has 0 radical (unpaired) electrons. The minimum absolute atomic E-state index is 0.00716. The van der Waals surface area contributed by atoms with Crippen LogP contribution in [0.25, 0.3) is 113 Å². The SMILES string of the molecule is C[C@@]12C[C@@H](c3ccccc31)C1c3cc4cc5c6c4c4c3c3c7c8c9c%10c(cc%11c%12c%13c(cc(c%14c%13c%13c(c%12%10)c9c3c4c%13c6%14)C5)C%11)CC8=CC712. The van der Waals surface area contributed by atoms with E-state index < -0.39 is 0 Å². The van der Waals surface area contributed by atoms with E-state index in [2.05, 4.69) is 61.5 Å². The molecule has 0 N–H and O–H groups in total. The molecule has 218 valence electrons. The molecule has 0 nitrogen and oxygen atoms in total. The summed E-state index contributed by atoms with van der Waals surface area (Å²) >= 11 is 0. The molecular formula is C49H22. The van der Waals surface area contributed by atoms with Gasteiger partial charge in [-0.1, -0.05) is 61.5 Å². The lowest BCUT2D eigenvalue weighted by Gasteiger charge is -2.50. The third kappa shape index (κ3) is 1.44. The van der Waals surface area contributed by atoms with E-state index in [4.69, 9.17) is 0 Å². The molecule has 1 saturated carbocycles. The van der Waals surface area contributed by atoms with Crippen molar-refractivity contribution in [1.29, 1.82) is 0 Å². The van der Waals surface area contributed by atoms with Gasteiger partial charge >= 0.3 is 0 Å². The van der Waals surface area contributed by atoms with Gasteiger partial charge in [-0.2, -0.15) is 0 Å². The summed E-state index contributed by atoms with van der Waals surface area (Å²) in [5, 5.41) is 32.9. The second-order valence-electron chi connectivity index (χ2n) is 18.3. The Balaban J connectivity index is 1.27. The molecule has 0 heterocycles. The van der Waals surface area contributed by atoms with Crippen LogP contribution in [0.3, 0.4) is 0 Å². The Kier molecular flexibility index (Phi) is 2.27. The quantitative estimate of drug-likeness (QED) is 0.150. The molecule has 0 heteroatoms. The Hall–Kier alpha value is -5.20. The highest BCUT2D eigenvalue weighted by Crippen LogP contribution is 2.80. The average molecular weight is 611 g/mol. The number of fused-ring (bicyclic) bond motifs is 7. The van der Waals surface area contributed by atoms with Crippen LogP contribution in [0.2, 0.25) is 0 Å². The Labute approximate surface area is 277 Å². The maximum absolute atomic E-state index is 2.94. The zero-order valence-electron chi connectivity index (χ0n) is 26.7. The average Bonchev–Trinajstić information content (AvgIpc) is 3.96. The van der Waals surface area contributed by atoms with E-state index in [0.29, 0.717) is 11.8 Å². The third-order valence-corrected chi connectivity index (χ3v) is 17.3. The summed E-state index contributed by atoms with van der Waals surface area (Å²) < 4.78 is 0. The summed E-state index contributed by atoms with van der Waals surface area (Å²) in [4.78, 5) is 0. The van der Waals surface area contributed by atoms with Crippen LogP contribution in [0.4, 0.5) is 0 Å². The molecule has 0 saturated heterocycles. The predicted octanol–water partition coefficient (Wildman–Crippen LogP) is 11.8. The van der Waals surface area contributed by atoms with Crippen molar-refractivity contribution in [1.82, 2.24) is 0 Å². The lowest BCUT2D eigenvalue weighted by molar-refractivity contribution is 0.317. The fraction of sp³-hybridized carbons (Fsp3) is 0.184. The largest absolute Gasteiger partial charge is 0.0682 e. The van der Waals surface area contributed by atoms with Crippen molar-refractivity contribution in [3.63, 3.8) is 0 Å². The Morgan fingerprint density at radius 3 is 1.86 bits per heavy atom. The van der Waals surface area contributed by atoms with Crippen molar-refractivity contribution in [2.24, 2.45) is 0 Å². The van der Waals surface area contributed by atoms with Crippen LogP contribution < -0.4 is 0 Å². The number of allylic oxidation sites excluding steroid dienone is 2. The molecule has 1 spiro atoms. The third-order valence-electron chi connectivity index (χ3n) is 17.3. The lowest BCUT2D eigenvalue weighted by Crippen LogP contribution is -2.46. The highest BCUT2D eigenvalue weighted by molar-refractivity contribution is 6.64. The smallest absolute Gasteiger partial charge is 0.0320 e. The second-order valence-corrected chi connectivity index (χ2v) is 18.3. The van der Waals surface area contributed by atoms with Crippen LogP contribution in [0, 0.1) is 0 Å². The minimum atomic E-state index is 0.00716. The molecule has 49 heavy (non-hydrogen) atoms. The van der Waals surface area contributed by atoms with Gasteiger partial charge in [0.1, 0.15) is 0 Å². The fourth-order valence-corrected chi connectivity index (χ4v) is 16.5. The molecule has 4 atom stereocenters. The summed E-state index contributed by atoms with van der Waals surface area (Å²) in [6.07, 6.45) is 7.50. The highest BCUT2D eigenvalue weighted by atomic mass is 14.7. The fourth-order valence-electron chi connectivity index (χ4n) is 16.5. The van der Waals surface area contributed by atoms with Crippen LogP contribution in [0.15, 0.2) is 54.6 Å². The van der Waals surface area contributed by atoms with Crippen molar-refractivity contribution >= 4 is 113 Å². The first-order chi connectivity index (χ1) is 24.2. The van der Waals surface area contributed by atoms with Gasteiger partial charge in [0, 0.05) is 16.7 Å². The lowest BCUT2D eigenvalue weighted by atomic mass is 9.51. The summed E-state index contributed by atoms with van der Waals surface area (Å²) in [7, 11) is 0. The Morgan fingerprint density at radius 2 is 1.08 bits per heavy atom. The zero-order valence-corrected chi connectivity index (χ0v) is 26.7. The molecule has 12 aromatic rings. The maximum Gasteiger partial charge on any atom is 0.0320 e. The van der Waals surface area contributed by atoms with E-state index in [1.54, 1.807) is 164 Å². The highest BCUT2D eigenvalue weighted by Gasteiger charge is 2.71. The Morgan fingerprint density at radius 1 is 0.510 bits per heavy atom. The molecule has 0 amide bonds. The van der Waals surface area contributed by atoms with Gasteiger partial charge < -0.3 is 0 Å². The van der Waals surface area contributed by atoms with Crippen LogP contribution in [-0.2, 0) is 30.1 Å². The van der Waals surface area contributed by atoms with Gasteiger partial charge in [0.25, 0.3) is 0 Å². The van der Waals surface area contributed by atoms with Gasteiger partial charge in [0.15, 0.2) is 0 Å². The van der Waals surface area contributed by atoms with Crippen LogP contribution in [-0.4, -0.2) is 0 Å². The molecular weight excluding hydrogens is 589 g/mol. The van der Waals surface area contributed by atoms with E-state index in [-0.39, 0.29) is 10.8 Å². The molecule has 0 aromatic heterocycles. The second kappa shape index (κ2) is 5.30. The minimum Gasteiger partial charge on any atom is -0.0682 e. The number of hydrogen-bond acceptors (Lipinski definition) is 0. The molecule has 7 aliphatic carbocycles. The molecule has 12 aromatic carbocycles. The molecule has 19 rings (SSSR count). The normalized spacial score (nSPS) is 27.7. The number of benzene rings is 8. The van der Waals surface area contributed by atoms with E-state index in [1.165, 1.54) is 11.8 Å². The Bertz CT molecular complexity index is 3850. The van der Waals surface area contributed by atoms with Gasteiger partial charge in [0.2, 0.25) is 0 Å². The first-order valence-corrected chi connectivity index (χ1v) is 18.8. The van der Waals surface area contributed by atoms with E-state index in [9.17, 15) is 0 Å². The van der Waals surface area contributed by atoms with Crippen molar-refractivity contribution < 1.29 is 0 Å². The van der Waals surface area contributed by atoms with Gasteiger partial charge in [0.05, 0.1) is 0 Å². The standard InChI is InChI=1S/C49H22/c1-48-14-24(22-4-2-3-5-25(22)48)46-23-12-20-10-17-8-18-7-15-6-16-9-19-11-21-13-49(46,48)47-32(21)37-31(19)36-27(16)26(15)34-30(18)35-28(17)29(20)38-33(23)45(47)44-42(37)40(36)39(34)41(35)43(38)44/h2-5,7,9-10,12-13,24,46H,6,8,11,14H2,1H3/t24-,46?,48+,49?/m0/s1. The summed E-state index contributed by atoms with van der Waals surface area (Å²) in [6.45, 7) is 2.70. The number of rotatable bonds is 0. The molecule has 2 bridgehead atoms. The van der Waals surface area contributed by atoms with Gasteiger partial charge in [-0.3, -0.25) is 0 Å². The van der Waals surface area contributed by atoms with Gasteiger partial charge in [-0.25, -0.2) is 0 Å². The van der Waals surface area contributed by atoms with E-state index in [0.717, 1.165) is 19.3 Å². The predicted molar refractivity (Wildman–Crippen MR) is 203 cm³/mol. The first-order valence-electron chi connectivity index (χ1n) is 18.8. The molecule has 2 unspecified atom stereocenters. The van der Waals surface area contributed by atoms with Gasteiger partial charge in [-0.05, 0) is 201 Å². The molecule has 0 aliphatic heterocycles. The molecule has 7 aliphatic rings. The van der Waals surface area contributed by atoms with Crippen LogP contribution >= 0.6 is 0 Å². The zero-order chi connectivity index (χ0) is 30.2. The summed E-state index contributed by atoms with van der Waals surface area (Å²) in [6, 6.07) is 20.5. The van der Waals surface area contributed by atoms with Crippen molar-refractivity contribution in [2.75, 3.05) is 0 Å². The van der Waals surface area contributed by atoms with Crippen LogP contribution in [0.5, 0.6) is 0 Å². The summed E-state index contributed by atoms with van der Waals surface area (Å²) in [5.41, 5.74) is 18.2. The van der Waals surface area contributed by atoms with Crippen molar-refractivity contribution in [2.45, 2.75) is 55.3 Å².